The number of aryl methyl sites for hydroxylation is 1. The lowest BCUT2D eigenvalue weighted by Crippen LogP contribution is -2.52. The zero-order valence-corrected chi connectivity index (χ0v) is 23.9. The molecule has 11 heteroatoms. The molecule has 0 spiro atoms. The zero-order chi connectivity index (χ0) is 30.7. The quantitative estimate of drug-likeness (QED) is 0.184. The number of amides is 3. The molecular weight excluding hydrogens is 530 g/mol. The highest BCUT2D eigenvalue weighted by molar-refractivity contribution is 5.94. The number of esters is 1. The Morgan fingerprint density at radius 2 is 1.73 bits per heavy atom. The van der Waals surface area contributed by atoms with Gasteiger partial charge in [0.2, 0.25) is 5.91 Å². The maximum atomic E-state index is 14.0. The Labute approximate surface area is 239 Å². The third kappa shape index (κ3) is 9.76. The number of rotatable bonds is 11. The van der Waals surface area contributed by atoms with Gasteiger partial charge in [-0.3, -0.25) is 19.3 Å². The number of ether oxygens (including phenoxy) is 2. The second kappa shape index (κ2) is 14.6. The van der Waals surface area contributed by atoms with E-state index in [1.807, 2.05) is 0 Å². The topological polar surface area (TPSA) is 154 Å². The van der Waals surface area contributed by atoms with Crippen LogP contribution in [-0.4, -0.2) is 63.8 Å². The van der Waals surface area contributed by atoms with Crippen molar-refractivity contribution in [2.45, 2.75) is 65.1 Å². The summed E-state index contributed by atoms with van der Waals surface area (Å²) in [6.07, 6.45) is 4.70. The number of phenolic OH excluding ortho intramolecular Hbond substituents is 2. The van der Waals surface area contributed by atoms with E-state index >= 15 is 0 Å². The molecule has 0 aliphatic heterocycles. The molecule has 2 aromatic rings. The van der Waals surface area contributed by atoms with Crippen molar-refractivity contribution in [2.75, 3.05) is 13.2 Å². The van der Waals surface area contributed by atoms with Gasteiger partial charge in [-0.05, 0) is 57.9 Å². The number of hydrogen-bond acceptors (Lipinski definition) is 8. The van der Waals surface area contributed by atoms with Crippen LogP contribution in [0.25, 0.3) is 0 Å². The van der Waals surface area contributed by atoms with E-state index in [0.717, 1.165) is 4.90 Å². The molecule has 0 heterocycles. The van der Waals surface area contributed by atoms with Crippen molar-refractivity contribution in [1.29, 1.82) is 0 Å². The molecule has 0 bridgehead atoms. The lowest BCUT2D eigenvalue weighted by molar-refractivity contribution is -0.143. The summed E-state index contributed by atoms with van der Waals surface area (Å²) in [4.78, 5) is 52.7. The number of aromatic hydroxyl groups is 2. The molecular formula is C30H37N3O8. The zero-order valence-electron chi connectivity index (χ0n) is 23.9. The number of benzene rings is 2. The molecule has 0 radical (unpaired) electrons. The average molecular weight is 568 g/mol. The van der Waals surface area contributed by atoms with E-state index in [4.69, 9.17) is 15.9 Å². The van der Waals surface area contributed by atoms with Crippen LogP contribution in [0, 0.1) is 19.4 Å². The molecule has 2 atom stereocenters. The number of carbonyl (C=O) groups excluding carboxylic acids is 4. The first-order valence-electron chi connectivity index (χ1n) is 13.1. The molecule has 2 aromatic carbocycles. The SMILES string of the molecule is C#CN(C(=O)C(Cc1ccc(O)cc1)NC(=O)OC(C)(C)C)C(C(=O)NCCC(=O)OCC)c1cccc(C)c1O. The van der Waals surface area contributed by atoms with E-state index in [0.29, 0.717) is 11.1 Å². The smallest absolute Gasteiger partial charge is 0.408 e. The minimum absolute atomic E-state index is 0.0106. The number of nitrogens with one attached hydrogen (secondary N) is 2. The highest BCUT2D eigenvalue weighted by Gasteiger charge is 2.37. The Bertz CT molecular complexity index is 1280. The summed E-state index contributed by atoms with van der Waals surface area (Å²) in [5.41, 5.74) is 0.189. The maximum Gasteiger partial charge on any atom is 0.408 e. The summed E-state index contributed by atoms with van der Waals surface area (Å²) in [5.74, 6) is -2.36. The molecule has 2 rings (SSSR count). The van der Waals surface area contributed by atoms with Crippen LogP contribution in [0.15, 0.2) is 42.5 Å². The number of nitrogens with zero attached hydrogens (tertiary/aromatic N) is 1. The van der Waals surface area contributed by atoms with Crippen LogP contribution in [0.2, 0.25) is 0 Å². The first kappa shape index (κ1) is 32.5. The van der Waals surface area contributed by atoms with Gasteiger partial charge in [0.05, 0.1) is 13.0 Å². The highest BCUT2D eigenvalue weighted by Crippen LogP contribution is 2.32. The fraction of sp³-hybridized carbons (Fsp3) is 0.400. The van der Waals surface area contributed by atoms with Gasteiger partial charge in [0.25, 0.3) is 5.91 Å². The lowest BCUT2D eigenvalue weighted by Gasteiger charge is -2.31. The van der Waals surface area contributed by atoms with Gasteiger partial charge in [-0.2, -0.15) is 0 Å². The van der Waals surface area contributed by atoms with E-state index in [1.165, 1.54) is 18.2 Å². The highest BCUT2D eigenvalue weighted by atomic mass is 16.6. The van der Waals surface area contributed by atoms with Crippen molar-refractivity contribution >= 4 is 23.9 Å². The van der Waals surface area contributed by atoms with Gasteiger partial charge in [-0.1, -0.05) is 36.8 Å². The predicted octanol–water partition coefficient (Wildman–Crippen LogP) is 3.07. The van der Waals surface area contributed by atoms with Crippen LogP contribution in [0.3, 0.4) is 0 Å². The van der Waals surface area contributed by atoms with Crippen LogP contribution in [0.4, 0.5) is 4.79 Å². The summed E-state index contributed by atoms with van der Waals surface area (Å²) in [7, 11) is 0. The Kier molecular flexibility index (Phi) is 11.6. The number of carbonyl (C=O) groups is 4. The van der Waals surface area contributed by atoms with E-state index in [2.05, 4.69) is 16.7 Å². The minimum atomic E-state index is -1.52. The van der Waals surface area contributed by atoms with Gasteiger partial charge in [0, 0.05) is 24.6 Å². The first-order chi connectivity index (χ1) is 19.3. The van der Waals surface area contributed by atoms with Gasteiger partial charge in [0.15, 0.2) is 6.04 Å². The van der Waals surface area contributed by atoms with E-state index < -0.39 is 41.6 Å². The first-order valence-corrected chi connectivity index (χ1v) is 13.1. The normalized spacial score (nSPS) is 12.3. The summed E-state index contributed by atoms with van der Waals surface area (Å²) in [5, 5.41) is 25.6. The van der Waals surface area contributed by atoms with Gasteiger partial charge in [-0.15, -0.1) is 0 Å². The van der Waals surface area contributed by atoms with Crippen molar-refractivity contribution < 1.29 is 38.9 Å². The van der Waals surface area contributed by atoms with Gasteiger partial charge in [0.1, 0.15) is 23.1 Å². The summed E-state index contributed by atoms with van der Waals surface area (Å²) in [6, 6.07) is 10.1. The number of phenols is 2. The molecule has 3 amide bonds. The molecule has 0 aromatic heterocycles. The third-order valence-electron chi connectivity index (χ3n) is 5.75. The maximum absolute atomic E-state index is 14.0. The Balaban J connectivity index is 2.48. The fourth-order valence-electron chi connectivity index (χ4n) is 3.87. The van der Waals surface area contributed by atoms with Crippen LogP contribution in [-0.2, 0) is 30.3 Å². The summed E-state index contributed by atoms with van der Waals surface area (Å²) >= 11 is 0. The molecule has 4 N–H and O–H groups in total. The fourth-order valence-corrected chi connectivity index (χ4v) is 3.87. The van der Waals surface area contributed by atoms with Crippen molar-refractivity contribution in [3.63, 3.8) is 0 Å². The molecule has 41 heavy (non-hydrogen) atoms. The molecule has 0 aliphatic rings. The lowest BCUT2D eigenvalue weighted by atomic mass is 9.98. The second-order valence-corrected chi connectivity index (χ2v) is 10.2. The molecule has 0 fully saturated rings. The van der Waals surface area contributed by atoms with Crippen molar-refractivity contribution in [2.24, 2.45) is 0 Å². The minimum Gasteiger partial charge on any atom is -0.508 e. The Morgan fingerprint density at radius 3 is 2.32 bits per heavy atom. The van der Waals surface area contributed by atoms with E-state index in [-0.39, 0.29) is 43.1 Å². The van der Waals surface area contributed by atoms with Crippen molar-refractivity contribution in [3.05, 3.63) is 59.2 Å². The molecule has 2 unspecified atom stereocenters. The van der Waals surface area contributed by atoms with E-state index in [1.54, 1.807) is 58.9 Å². The number of para-hydroxylation sites is 1. The average Bonchev–Trinajstić information content (AvgIpc) is 2.88. The van der Waals surface area contributed by atoms with Crippen molar-refractivity contribution in [3.8, 4) is 24.0 Å². The van der Waals surface area contributed by atoms with Gasteiger partial charge in [-0.25, -0.2) is 4.79 Å². The predicted molar refractivity (Wildman–Crippen MR) is 150 cm³/mol. The van der Waals surface area contributed by atoms with Crippen LogP contribution in [0.5, 0.6) is 11.5 Å². The second-order valence-electron chi connectivity index (χ2n) is 10.2. The number of alkyl carbamates (subject to hydrolysis) is 1. The molecule has 11 nitrogen and oxygen atoms in total. The molecule has 0 saturated heterocycles. The van der Waals surface area contributed by atoms with Gasteiger partial charge >= 0.3 is 12.1 Å². The monoisotopic (exact) mass is 567 g/mol. The third-order valence-corrected chi connectivity index (χ3v) is 5.75. The molecule has 220 valence electrons. The van der Waals surface area contributed by atoms with Crippen LogP contribution >= 0.6 is 0 Å². The molecule has 0 aliphatic carbocycles. The standard InChI is InChI=1S/C30H37N3O8/c1-7-33(25(22-11-9-10-19(3)26(22)36)27(37)31-17-16-24(35)40-8-2)28(38)23(32-29(39)41-30(4,5)6)18-20-12-14-21(34)15-13-20/h1,9-15,23,25,34,36H,8,16-18H2,2-6H3,(H,31,37)(H,32,39). The van der Waals surface area contributed by atoms with Crippen molar-refractivity contribution in [1.82, 2.24) is 15.5 Å². The summed E-state index contributed by atoms with van der Waals surface area (Å²) < 4.78 is 10.2. The Morgan fingerprint density at radius 1 is 1.07 bits per heavy atom. The largest absolute Gasteiger partial charge is 0.508 e. The molecule has 0 saturated carbocycles. The number of hydrogen-bond donors (Lipinski definition) is 4. The van der Waals surface area contributed by atoms with Crippen LogP contribution in [0.1, 0.15) is 56.8 Å². The van der Waals surface area contributed by atoms with Gasteiger partial charge < -0.3 is 30.3 Å². The van der Waals surface area contributed by atoms with E-state index in [9.17, 15) is 29.4 Å². The summed E-state index contributed by atoms with van der Waals surface area (Å²) in [6.45, 7) is 8.33. The number of terminal acetylenes is 1. The Hall–Kier alpha value is -4.72. The van der Waals surface area contributed by atoms with Crippen LogP contribution < -0.4 is 10.6 Å².